The molecule has 2 aromatic rings. The molecule has 6 nitrogen and oxygen atoms in total. The normalized spacial score (nSPS) is 17.2. The topological polar surface area (TPSA) is 75.2 Å². The molecule has 1 aliphatic heterocycles. The highest BCUT2D eigenvalue weighted by Gasteiger charge is 2.36. The number of anilines is 2. The zero-order valence-corrected chi connectivity index (χ0v) is 15.5. The molecule has 0 spiro atoms. The number of hydrogen-bond acceptors (Lipinski definition) is 5. The van der Waals surface area contributed by atoms with Gasteiger partial charge in [0.05, 0.1) is 5.92 Å². The van der Waals surface area contributed by atoms with Crippen molar-refractivity contribution in [3.8, 4) is 0 Å². The van der Waals surface area contributed by atoms with E-state index in [1.165, 1.54) is 11.3 Å². The van der Waals surface area contributed by atoms with Crippen LogP contribution in [0.25, 0.3) is 0 Å². The molecule has 7 heteroatoms. The number of carbonyl (C=O) groups excluding carboxylic acids is 2. The second kappa shape index (κ2) is 7.31. The molecule has 132 valence electrons. The van der Waals surface area contributed by atoms with E-state index in [1.807, 2.05) is 13.0 Å². The van der Waals surface area contributed by atoms with Crippen molar-refractivity contribution >= 4 is 34.0 Å². The van der Waals surface area contributed by atoms with Gasteiger partial charge in [-0.25, -0.2) is 0 Å². The summed E-state index contributed by atoms with van der Waals surface area (Å²) in [6.07, 6.45) is 1.94. The van der Waals surface area contributed by atoms with Gasteiger partial charge in [-0.05, 0) is 30.9 Å². The average Bonchev–Trinajstić information content (AvgIpc) is 3.19. The van der Waals surface area contributed by atoms with E-state index >= 15 is 0 Å². The van der Waals surface area contributed by atoms with E-state index in [4.69, 9.17) is 0 Å². The second-order valence-corrected chi connectivity index (χ2v) is 7.33. The fourth-order valence-electron chi connectivity index (χ4n) is 3.22. The minimum atomic E-state index is -0.369. The molecule has 1 aromatic carbocycles. The molecule has 3 rings (SSSR count). The molecular weight excluding hydrogens is 336 g/mol. The lowest BCUT2D eigenvalue weighted by atomic mass is 10.0. The first-order valence-corrected chi connectivity index (χ1v) is 9.37. The molecule has 1 fully saturated rings. The highest BCUT2D eigenvalue weighted by molar-refractivity contribution is 7.15. The third-order valence-corrected chi connectivity index (χ3v) is 5.24. The molecule has 0 unspecified atom stereocenters. The Balaban J connectivity index is 1.80. The summed E-state index contributed by atoms with van der Waals surface area (Å²) in [5.74, 6) is -0.533. The van der Waals surface area contributed by atoms with Crippen molar-refractivity contribution in [2.24, 2.45) is 5.92 Å². The van der Waals surface area contributed by atoms with Crippen LogP contribution in [-0.2, 0) is 22.4 Å². The van der Waals surface area contributed by atoms with Gasteiger partial charge in [0, 0.05) is 18.7 Å². The number of nitrogens with one attached hydrogen (secondary N) is 1. The molecule has 1 aromatic heterocycles. The Labute approximate surface area is 151 Å². The van der Waals surface area contributed by atoms with Gasteiger partial charge in [-0.3, -0.25) is 9.59 Å². The lowest BCUT2D eigenvalue weighted by Gasteiger charge is -2.23. The third kappa shape index (κ3) is 3.56. The molecule has 2 amide bonds. The van der Waals surface area contributed by atoms with Crippen LogP contribution >= 0.6 is 11.3 Å². The Hall–Kier alpha value is -2.28. The van der Waals surface area contributed by atoms with Crippen molar-refractivity contribution < 1.29 is 9.59 Å². The van der Waals surface area contributed by atoms with Crippen molar-refractivity contribution in [2.75, 3.05) is 16.8 Å². The Morgan fingerprint density at radius 2 is 1.96 bits per heavy atom. The van der Waals surface area contributed by atoms with Crippen molar-refractivity contribution in [2.45, 2.75) is 40.0 Å². The smallest absolute Gasteiger partial charge is 0.231 e. The van der Waals surface area contributed by atoms with Crippen LogP contribution in [0.5, 0.6) is 0 Å². The molecular formula is C18H22N4O2S. The summed E-state index contributed by atoms with van der Waals surface area (Å²) >= 11 is 1.33. The average molecular weight is 358 g/mol. The number of aromatic nitrogens is 2. The van der Waals surface area contributed by atoms with Gasteiger partial charge in [-0.2, -0.15) is 0 Å². The summed E-state index contributed by atoms with van der Waals surface area (Å²) in [5, 5.41) is 11.9. The first kappa shape index (κ1) is 17.5. The predicted molar refractivity (Wildman–Crippen MR) is 98.9 cm³/mol. The zero-order valence-electron chi connectivity index (χ0n) is 14.7. The fourth-order valence-corrected chi connectivity index (χ4v) is 3.81. The lowest BCUT2D eigenvalue weighted by molar-refractivity contribution is -0.122. The van der Waals surface area contributed by atoms with E-state index in [-0.39, 0.29) is 24.2 Å². The maximum atomic E-state index is 12.6. The molecule has 1 N–H and O–H groups in total. The summed E-state index contributed by atoms with van der Waals surface area (Å²) in [6.45, 7) is 6.41. The van der Waals surface area contributed by atoms with Crippen molar-refractivity contribution in [3.05, 3.63) is 34.3 Å². The van der Waals surface area contributed by atoms with E-state index in [0.29, 0.717) is 11.7 Å². The van der Waals surface area contributed by atoms with E-state index in [9.17, 15) is 9.59 Å². The Kier molecular flexibility index (Phi) is 5.13. The van der Waals surface area contributed by atoms with Gasteiger partial charge >= 0.3 is 0 Å². The highest BCUT2D eigenvalue weighted by atomic mass is 32.1. The fraction of sp³-hybridized carbons (Fsp3) is 0.444. The minimum absolute atomic E-state index is 0.00388. The van der Waals surface area contributed by atoms with Gasteiger partial charge in [-0.1, -0.05) is 43.4 Å². The van der Waals surface area contributed by atoms with Gasteiger partial charge in [-0.15, -0.1) is 10.2 Å². The number of benzene rings is 1. The summed E-state index contributed by atoms with van der Waals surface area (Å²) in [4.78, 5) is 26.9. The maximum Gasteiger partial charge on any atom is 0.231 e. The number of hydrogen-bond donors (Lipinski definition) is 1. The third-order valence-electron chi connectivity index (χ3n) is 4.49. The molecule has 1 aliphatic rings. The van der Waals surface area contributed by atoms with Crippen LogP contribution in [0.3, 0.4) is 0 Å². The van der Waals surface area contributed by atoms with Crippen LogP contribution in [0.2, 0.25) is 0 Å². The Bertz CT molecular complexity index is 780. The molecule has 0 aliphatic carbocycles. The van der Waals surface area contributed by atoms with Gasteiger partial charge in [0.1, 0.15) is 5.01 Å². The highest BCUT2D eigenvalue weighted by Crippen LogP contribution is 2.32. The number of aryl methyl sites for hydroxylation is 3. The first-order chi connectivity index (χ1) is 12.0. The molecule has 0 radical (unpaired) electrons. The summed E-state index contributed by atoms with van der Waals surface area (Å²) in [5.41, 5.74) is 3.28. The number of para-hydroxylation sites is 1. The monoisotopic (exact) mass is 358 g/mol. The number of rotatable bonds is 5. The van der Waals surface area contributed by atoms with Crippen LogP contribution in [0.4, 0.5) is 10.8 Å². The van der Waals surface area contributed by atoms with Crippen LogP contribution in [0.1, 0.15) is 36.4 Å². The van der Waals surface area contributed by atoms with Crippen molar-refractivity contribution in [3.63, 3.8) is 0 Å². The molecule has 1 saturated heterocycles. The Morgan fingerprint density at radius 1 is 1.28 bits per heavy atom. The molecule has 25 heavy (non-hydrogen) atoms. The minimum Gasteiger partial charge on any atom is -0.311 e. The van der Waals surface area contributed by atoms with E-state index in [1.54, 1.807) is 4.90 Å². The molecule has 0 saturated carbocycles. The SMILES string of the molecule is CCc1cccc(CC)c1N1C[C@H](C(=O)Nc2nnc(C)s2)CC1=O. The molecule has 2 heterocycles. The van der Waals surface area contributed by atoms with E-state index < -0.39 is 0 Å². The van der Waals surface area contributed by atoms with Crippen LogP contribution in [-0.4, -0.2) is 28.6 Å². The lowest BCUT2D eigenvalue weighted by Crippen LogP contribution is -2.29. The van der Waals surface area contributed by atoms with E-state index in [0.717, 1.165) is 34.7 Å². The summed E-state index contributed by atoms with van der Waals surface area (Å²) < 4.78 is 0. The first-order valence-electron chi connectivity index (χ1n) is 8.55. The zero-order chi connectivity index (χ0) is 18.0. The van der Waals surface area contributed by atoms with Gasteiger partial charge in [0.15, 0.2) is 0 Å². The van der Waals surface area contributed by atoms with Crippen LogP contribution in [0.15, 0.2) is 18.2 Å². The number of nitrogens with zero attached hydrogens (tertiary/aromatic N) is 3. The van der Waals surface area contributed by atoms with Gasteiger partial charge in [0.25, 0.3) is 0 Å². The number of amides is 2. The summed E-state index contributed by atoms with van der Waals surface area (Å²) in [6, 6.07) is 6.14. The Morgan fingerprint density at radius 3 is 2.52 bits per heavy atom. The van der Waals surface area contributed by atoms with Crippen LogP contribution in [0, 0.1) is 12.8 Å². The van der Waals surface area contributed by atoms with Gasteiger partial charge in [0.2, 0.25) is 16.9 Å². The second-order valence-electron chi connectivity index (χ2n) is 6.15. The van der Waals surface area contributed by atoms with Crippen molar-refractivity contribution in [1.29, 1.82) is 0 Å². The molecule has 0 bridgehead atoms. The predicted octanol–water partition coefficient (Wildman–Crippen LogP) is 2.96. The maximum absolute atomic E-state index is 12.6. The summed E-state index contributed by atoms with van der Waals surface area (Å²) in [7, 11) is 0. The van der Waals surface area contributed by atoms with Crippen LogP contribution < -0.4 is 10.2 Å². The van der Waals surface area contributed by atoms with Gasteiger partial charge < -0.3 is 10.2 Å². The standard InChI is InChI=1S/C18H22N4O2S/c1-4-12-7-6-8-13(5-2)16(12)22-10-14(9-15(22)23)17(24)19-18-21-20-11(3)25-18/h6-8,14H,4-5,9-10H2,1-3H3,(H,19,21,24)/t14-/m1/s1. The van der Waals surface area contributed by atoms with Crippen molar-refractivity contribution in [1.82, 2.24) is 10.2 Å². The van der Waals surface area contributed by atoms with E-state index in [2.05, 4.69) is 41.5 Å². The largest absolute Gasteiger partial charge is 0.311 e. The molecule has 1 atom stereocenters. The number of carbonyl (C=O) groups is 2. The quantitative estimate of drug-likeness (QED) is 0.892.